The Bertz CT molecular complexity index is 1080. The first-order chi connectivity index (χ1) is 21.2. The first-order valence-corrected chi connectivity index (χ1v) is 14.8. The molecule has 16 heteroatoms. The fourth-order valence-electron chi connectivity index (χ4n) is 4.42. The summed E-state index contributed by atoms with van der Waals surface area (Å²) in [5.41, 5.74) is 0.464. The molecule has 260 valence electrons. The van der Waals surface area contributed by atoms with Crippen molar-refractivity contribution in [2.45, 2.75) is 59.3 Å². The van der Waals surface area contributed by atoms with Gasteiger partial charge in [-0.15, -0.1) is 0 Å². The molecule has 3 aliphatic heterocycles. The quantitative estimate of drug-likeness (QED) is 0.120. The summed E-state index contributed by atoms with van der Waals surface area (Å²) in [5, 5.41) is 28.6. The number of likely N-dealkylation sites (N-methyl/N-ethyl adjacent to an activating group) is 3. The van der Waals surface area contributed by atoms with Crippen LogP contribution in [0, 0.1) is 0 Å². The van der Waals surface area contributed by atoms with Crippen LogP contribution in [-0.2, 0) is 60.0 Å². The Morgan fingerprint density at radius 1 is 0.543 bits per heavy atom. The van der Waals surface area contributed by atoms with Crippen LogP contribution in [0.3, 0.4) is 0 Å². The Kier molecular flexibility index (Phi) is 19.1. The van der Waals surface area contributed by atoms with E-state index in [1.807, 2.05) is 0 Å². The molecule has 0 saturated carbocycles. The van der Waals surface area contributed by atoms with Crippen LogP contribution >= 0.6 is 0 Å². The smallest absolute Gasteiger partial charge is 0.373 e. The van der Waals surface area contributed by atoms with Crippen LogP contribution in [-0.4, -0.2) is 126 Å². The predicted molar refractivity (Wildman–Crippen MR) is 159 cm³/mol. The molecule has 3 aliphatic rings. The van der Waals surface area contributed by atoms with Crippen molar-refractivity contribution in [3.05, 3.63) is 34.0 Å². The average Bonchev–Trinajstić information content (AvgIpc) is 3.01. The Balaban J connectivity index is 0.000000653. The third-order valence-corrected chi connectivity index (χ3v) is 6.84. The average molecular weight is 696 g/mol. The van der Waals surface area contributed by atoms with Crippen LogP contribution in [0.1, 0.15) is 59.3 Å². The molecule has 3 amide bonds. The number of hydrogen-bond acceptors (Lipinski definition) is 12. The molecule has 46 heavy (non-hydrogen) atoms. The van der Waals surface area contributed by atoms with Crippen molar-refractivity contribution in [2.75, 3.05) is 60.6 Å². The molecule has 3 saturated heterocycles. The number of aliphatic hydroxyl groups excluding tert-OH is 3. The maximum atomic E-state index is 11.6. The number of likely N-dealkylation sites (tertiary alicyclic amines) is 3. The molecule has 0 bridgehead atoms. The van der Waals surface area contributed by atoms with Gasteiger partial charge in [-0.2, -0.15) is 0 Å². The van der Waals surface area contributed by atoms with Gasteiger partial charge < -0.3 is 44.2 Å². The van der Waals surface area contributed by atoms with E-state index in [1.165, 1.54) is 14.7 Å². The van der Waals surface area contributed by atoms with Gasteiger partial charge in [-0.1, -0.05) is 0 Å². The second-order valence-corrected chi connectivity index (χ2v) is 10.1. The van der Waals surface area contributed by atoms with E-state index in [-0.39, 0.29) is 71.3 Å². The van der Waals surface area contributed by atoms with Gasteiger partial charge in [0.15, 0.2) is 0 Å². The van der Waals surface area contributed by atoms with Crippen LogP contribution in [0.15, 0.2) is 34.0 Å². The maximum absolute atomic E-state index is 11.6. The predicted octanol–water partition coefficient (Wildman–Crippen LogP) is 1.84. The molecular weight excluding hydrogens is 650 g/mol. The van der Waals surface area contributed by atoms with E-state index in [9.17, 15) is 44.1 Å². The third-order valence-electron chi connectivity index (χ3n) is 6.84. The molecule has 3 rings (SSSR count). The summed E-state index contributed by atoms with van der Waals surface area (Å²) < 4.78 is 13.9. The number of nitrogens with zero attached hydrogens (tertiary/aromatic N) is 3. The number of esters is 3. The molecule has 0 radical (unpaired) electrons. The van der Waals surface area contributed by atoms with Gasteiger partial charge in [0.25, 0.3) is 17.7 Å². The molecule has 0 aliphatic carbocycles. The molecule has 0 aromatic carbocycles. The van der Waals surface area contributed by atoms with Gasteiger partial charge in [0.1, 0.15) is 0 Å². The minimum atomic E-state index is -0.823. The Morgan fingerprint density at radius 3 is 0.957 bits per heavy atom. The first-order valence-electron chi connectivity index (χ1n) is 14.8. The second kappa shape index (κ2) is 20.9. The van der Waals surface area contributed by atoms with Crippen molar-refractivity contribution in [2.24, 2.45) is 0 Å². The standard InChI is InChI=1S/3C10H15NO4.Fe/c3*1-3-15-10(14)8(12)7-5-4-6-11(2)9(7)13;/h3*12H,3-6H2,1-2H3;. The van der Waals surface area contributed by atoms with Gasteiger partial charge >= 0.3 is 17.9 Å². The van der Waals surface area contributed by atoms with Gasteiger partial charge in [0.05, 0.1) is 36.5 Å². The van der Waals surface area contributed by atoms with Crippen molar-refractivity contribution in [3.8, 4) is 0 Å². The topological polar surface area (TPSA) is 201 Å². The zero-order valence-electron chi connectivity index (χ0n) is 27.2. The number of carbonyl (C=O) groups excluding carboxylic acids is 6. The number of piperidine rings is 3. The van der Waals surface area contributed by atoms with Crippen LogP contribution in [0.25, 0.3) is 0 Å². The molecular formula is C30H45FeN3O12. The van der Waals surface area contributed by atoms with Gasteiger partial charge in [-0.05, 0) is 59.3 Å². The summed E-state index contributed by atoms with van der Waals surface area (Å²) >= 11 is 0. The van der Waals surface area contributed by atoms with Crippen molar-refractivity contribution in [3.63, 3.8) is 0 Å². The zero-order chi connectivity index (χ0) is 34.3. The van der Waals surface area contributed by atoms with E-state index in [2.05, 4.69) is 14.2 Å². The normalized spacial score (nSPS) is 19.7. The fourth-order valence-corrected chi connectivity index (χ4v) is 4.42. The number of hydrogen-bond donors (Lipinski definition) is 3. The molecule has 3 N–H and O–H groups in total. The van der Waals surface area contributed by atoms with E-state index >= 15 is 0 Å². The number of amides is 3. The van der Waals surface area contributed by atoms with Crippen LogP contribution in [0.2, 0.25) is 0 Å². The SMILES string of the molecule is CCOC(=O)C(O)=C1CCCN(C)C1=O.CCOC(=O)C(O)=C1CCCN(C)C1=O.CCOC(=O)C(O)=C1CCCN(C)C1=O.[Fe]. The number of rotatable bonds is 6. The Hall–Kier alpha value is -4.04. The summed E-state index contributed by atoms with van der Waals surface area (Å²) in [6.45, 7) is 7.43. The molecule has 3 heterocycles. The van der Waals surface area contributed by atoms with E-state index in [1.54, 1.807) is 41.9 Å². The molecule has 3 fully saturated rings. The summed E-state index contributed by atoms with van der Waals surface area (Å²) in [6, 6.07) is 0. The molecule has 0 aromatic rings. The van der Waals surface area contributed by atoms with Crippen molar-refractivity contribution < 1.29 is 75.4 Å². The minimum absolute atomic E-state index is 0. The molecule has 0 unspecified atom stereocenters. The molecule has 0 spiro atoms. The van der Waals surface area contributed by atoms with E-state index in [0.717, 1.165) is 19.3 Å². The Morgan fingerprint density at radius 2 is 0.761 bits per heavy atom. The van der Waals surface area contributed by atoms with Crippen molar-refractivity contribution in [1.29, 1.82) is 0 Å². The van der Waals surface area contributed by atoms with Gasteiger partial charge in [-0.25, -0.2) is 14.4 Å². The number of aliphatic hydroxyl groups is 3. The van der Waals surface area contributed by atoms with Gasteiger partial charge in [0.2, 0.25) is 17.3 Å². The van der Waals surface area contributed by atoms with Crippen molar-refractivity contribution >= 4 is 35.6 Å². The van der Waals surface area contributed by atoms with Crippen LogP contribution in [0.5, 0.6) is 0 Å². The molecule has 15 nitrogen and oxygen atoms in total. The number of carbonyl (C=O) groups is 6. The van der Waals surface area contributed by atoms with Crippen molar-refractivity contribution in [1.82, 2.24) is 14.7 Å². The summed E-state index contributed by atoms with van der Waals surface area (Å²) in [6.07, 6.45) is 3.53. The summed E-state index contributed by atoms with van der Waals surface area (Å²) in [5.74, 6) is -5.01. The van der Waals surface area contributed by atoms with E-state index in [4.69, 9.17) is 0 Å². The largest absolute Gasteiger partial charge is 0.501 e. The monoisotopic (exact) mass is 695 g/mol. The zero-order valence-corrected chi connectivity index (χ0v) is 28.3. The van der Waals surface area contributed by atoms with Crippen LogP contribution in [0.4, 0.5) is 0 Å². The maximum Gasteiger partial charge on any atom is 0.373 e. The second-order valence-electron chi connectivity index (χ2n) is 10.1. The minimum Gasteiger partial charge on any atom is -0.501 e. The fraction of sp³-hybridized carbons (Fsp3) is 0.600. The van der Waals surface area contributed by atoms with E-state index < -0.39 is 35.2 Å². The van der Waals surface area contributed by atoms with Gasteiger partial charge in [-0.3, -0.25) is 14.4 Å². The first kappa shape index (κ1) is 42.0. The number of ether oxygens (including phenoxy) is 3. The third kappa shape index (κ3) is 12.0. The van der Waals surface area contributed by atoms with Gasteiger partial charge in [0, 0.05) is 57.8 Å². The summed E-state index contributed by atoms with van der Waals surface area (Å²) in [7, 11) is 4.92. The molecule has 0 aromatic heterocycles. The van der Waals surface area contributed by atoms with Crippen LogP contribution < -0.4 is 0 Å². The summed E-state index contributed by atoms with van der Waals surface area (Å²) in [4.78, 5) is 72.7. The molecule has 0 atom stereocenters. The Labute approximate surface area is 279 Å². The van der Waals surface area contributed by atoms with E-state index in [0.29, 0.717) is 38.9 Å².